The van der Waals surface area contributed by atoms with Crippen LogP contribution < -0.4 is 15.4 Å². The fourth-order valence-electron chi connectivity index (χ4n) is 2.20. The average Bonchev–Trinajstić information content (AvgIpc) is 2.92. The summed E-state index contributed by atoms with van der Waals surface area (Å²) in [7, 11) is 1.65. The highest BCUT2D eigenvalue weighted by Crippen LogP contribution is 2.19. The Kier molecular flexibility index (Phi) is 4.20. The van der Waals surface area contributed by atoms with E-state index < -0.39 is 0 Å². The van der Waals surface area contributed by atoms with Gasteiger partial charge in [0.25, 0.3) is 0 Å². The summed E-state index contributed by atoms with van der Waals surface area (Å²) in [4.78, 5) is 12.0. The molecule has 0 aromatic heterocycles. The van der Waals surface area contributed by atoms with Crippen LogP contribution in [0.15, 0.2) is 24.3 Å². The largest absolute Gasteiger partial charge is 0.497 e. The van der Waals surface area contributed by atoms with E-state index in [2.05, 4.69) is 10.6 Å². The molecule has 18 heavy (non-hydrogen) atoms. The molecule has 1 aliphatic rings. The summed E-state index contributed by atoms with van der Waals surface area (Å²) in [6.45, 7) is 3.72. The number of ether oxygens (including phenoxy) is 1. The van der Waals surface area contributed by atoms with Crippen LogP contribution in [0.25, 0.3) is 0 Å². The molecule has 0 bridgehead atoms. The Morgan fingerprint density at radius 1 is 1.56 bits per heavy atom. The molecule has 2 N–H and O–H groups in total. The zero-order valence-electron chi connectivity index (χ0n) is 10.9. The number of nitrogens with one attached hydrogen (secondary N) is 2. The van der Waals surface area contributed by atoms with Crippen LogP contribution in [0.5, 0.6) is 5.75 Å². The molecule has 1 fully saturated rings. The van der Waals surface area contributed by atoms with Gasteiger partial charge in [0.05, 0.1) is 19.1 Å². The average molecular weight is 248 g/mol. The van der Waals surface area contributed by atoms with Crippen molar-refractivity contribution >= 4 is 5.91 Å². The maximum Gasteiger partial charge on any atom is 0.224 e. The number of amides is 1. The second-order valence-electron chi connectivity index (χ2n) is 4.70. The highest BCUT2D eigenvalue weighted by Gasteiger charge is 2.23. The van der Waals surface area contributed by atoms with Crippen LogP contribution >= 0.6 is 0 Å². The van der Waals surface area contributed by atoms with Gasteiger partial charge in [-0.2, -0.15) is 0 Å². The molecule has 4 heteroatoms. The maximum absolute atomic E-state index is 12.0. The van der Waals surface area contributed by atoms with Gasteiger partial charge in [-0.05, 0) is 37.6 Å². The summed E-state index contributed by atoms with van der Waals surface area (Å²) >= 11 is 0. The van der Waals surface area contributed by atoms with E-state index >= 15 is 0 Å². The highest BCUT2D eigenvalue weighted by atomic mass is 16.5. The van der Waals surface area contributed by atoms with Gasteiger partial charge in [-0.1, -0.05) is 12.1 Å². The first-order valence-corrected chi connectivity index (χ1v) is 6.35. The Morgan fingerprint density at radius 3 is 3.06 bits per heavy atom. The van der Waals surface area contributed by atoms with Crippen molar-refractivity contribution in [1.29, 1.82) is 0 Å². The smallest absolute Gasteiger partial charge is 0.224 e. The monoisotopic (exact) mass is 248 g/mol. The molecule has 1 amide bonds. The summed E-state index contributed by atoms with van der Waals surface area (Å²) in [6.07, 6.45) is 0.927. The Balaban J connectivity index is 1.97. The van der Waals surface area contributed by atoms with Gasteiger partial charge >= 0.3 is 0 Å². The summed E-state index contributed by atoms with van der Waals surface area (Å²) in [5.74, 6) is 1.06. The Morgan fingerprint density at radius 2 is 2.39 bits per heavy atom. The predicted molar refractivity (Wildman–Crippen MR) is 70.5 cm³/mol. The molecule has 0 saturated carbocycles. The topological polar surface area (TPSA) is 50.4 Å². The molecule has 98 valence electrons. The van der Waals surface area contributed by atoms with E-state index in [9.17, 15) is 4.79 Å². The first kappa shape index (κ1) is 12.9. The lowest BCUT2D eigenvalue weighted by Crippen LogP contribution is -2.33. The first-order valence-electron chi connectivity index (χ1n) is 6.35. The van der Waals surface area contributed by atoms with Crippen molar-refractivity contribution in [3.05, 3.63) is 29.8 Å². The minimum absolute atomic E-state index is 0.00759. The molecule has 1 heterocycles. The minimum atomic E-state index is 0.00759. The third kappa shape index (κ3) is 3.01. The van der Waals surface area contributed by atoms with E-state index in [1.54, 1.807) is 7.11 Å². The fraction of sp³-hybridized carbons (Fsp3) is 0.500. The molecule has 4 nitrogen and oxygen atoms in total. The van der Waals surface area contributed by atoms with Crippen LogP contribution in [0.3, 0.4) is 0 Å². The molecule has 1 unspecified atom stereocenters. The number of methoxy groups -OCH3 is 1. The summed E-state index contributed by atoms with van der Waals surface area (Å²) < 4.78 is 5.19. The summed E-state index contributed by atoms with van der Waals surface area (Å²) in [5, 5.41) is 6.26. The van der Waals surface area contributed by atoms with E-state index in [0.29, 0.717) is 0 Å². The van der Waals surface area contributed by atoms with Gasteiger partial charge in [-0.3, -0.25) is 4.79 Å². The van der Waals surface area contributed by atoms with Gasteiger partial charge in [-0.15, -0.1) is 0 Å². The van der Waals surface area contributed by atoms with Crippen LogP contribution in [-0.4, -0.2) is 26.1 Å². The van der Waals surface area contributed by atoms with Gasteiger partial charge in [0.1, 0.15) is 5.75 Å². The van der Waals surface area contributed by atoms with Gasteiger partial charge in [0, 0.05) is 6.54 Å². The van der Waals surface area contributed by atoms with Crippen molar-refractivity contribution in [3.63, 3.8) is 0 Å². The number of rotatable bonds is 4. The highest BCUT2D eigenvalue weighted by molar-refractivity contribution is 5.79. The molecule has 1 aromatic rings. The Labute approximate surface area is 108 Å². The summed E-state index contributed by atoms with van der Waals surface area (Å²) in [6, 6.07) is 7.80. The molecule has 2 atom stereocenters. The zero-order chi connectivity index (χ0) is 13.0. The lowest BCUT2D eigenvalue weighted by Gasteiger charge is -2.17. The van der Waals surface area contributed by atoms with E-state index in [1.165, 1.54) is 0 Å². The summed E-state index contributed by atoms with van der Waals surface area (Å²) in [5.41, 5.74) is 1.06. The lowest BCUT2D eigenvalue weighted by molar-refractivity contribution is -0.125. The van der Waals surface area contributed by atoms with Crippen LogP contribution in [-0.2, 0) is 4.79 Å². The molecule has 2 rings (SSSR count). The molecular formula is C14H20N2O2. The third-order valence-corrected chi connectivity index (χ3v) is 3.38. The van der Waals surface area contributed by atoms with E-state index in [0.717, 1.165) is 30.8 Å². The van der Waals surface area contributed by atoms with E-state index in [4.69, 9.17) is 4.74 Å². The van der Waals surface area contributed by atoms with Crippen LogP contribution in [0, 0.1) is 5.92 Å². The lowest BCUT2D eigenvalue weighted by atomic mass is 10.0. The predicted octanol–water partition coefficient (Wildman–Crippen LogP) is 1.48. The fourth-order valence-corrected chi connectivity index (χ4v) is 2.20. The van der Waals surface area contributed by atoms with Crippen molar-refractivity contribution in [3.8, 4) is 5.75 Å². The van der Waals surface area contributed by atoms with Crippen molar-refractivity contribution in [2.24, 2.45) is 5.92 Å². The standard InChI is InChI=1S/C14H20N2O2/c1-10(11-4-3-5-13(8-11)18-2)16-14(17)12-6-7-15-9-12/h3-5,8,10,12,15H,6-7,9H2,1-2H3,(H,16,17)/t10-,12?/m0/s1. The molecule has 1 aliphatic heterocycles. The second kappa shape index (κ2) is 5.87. The minimum Gasteiger partial charge on any atom is -0.497 e. The number of hydrogen-bond donors (Lipinski definition) is 2. The van der Waals surface area contributed by atoms with Gasteiger partial charge in [-0.25, -0.2) is 0 Å². The second-order valence-corrected chi connectivity index (χ2v) is 4.70. The van der Waals surface area contributed by atoms with Crippen LogP contribution in [0.2, 0.25) is 0 Å². The Hall–Kier alpha value is -1.55. The zero-order valence-corrected chi connectivity index (χ0v) is 10.9. The number of benzene rings is 1. The van der Waals surface area contributed by atoms with Crippen molar-refractivity contribution in [2.45, 2.75) is 19.4 Å². The van der Waals surface area contributed by atoms with Gasteiger partial charge in [0.2, 0.25) is 5.91 Å². The maximum atomic E-state index is 12.0. The normalized spacial score (nSPS) is 20.4. The molecule has 1 saturated heterocycles. The van der Waals surface area contributed by atoms with Crippen molar-refractivity contribution in [1.82, 2.24) is 10.6 Å². The number of hydrogen-bond acceptors (Lipinski definition) is 3. The molecule has 1 aromatic carbocycles. The third-order valence-electron chi connectivity index (χ3n) is 3.38. The van der Waals surface area contributed by atoms with Gasteiger partial charge < -0.3 is 15.4 Å². The first-order chi connectivity index (χ1) is 8.70. The molecule has 0 radical (unpaired) electrons. The molecule has 0 spiro atoms. The molecule has 0 aliphatic carbocycles. The quantitative estimate of drug-likeness (QED) is 0.848. The SMILES string of the molecule is COc1cccc([C@H](C)NC(=O)C2CCNC2)c1. The van der Waals surface area contributed by atoms with Crippen molar-refractivity contribution in [2.75, 3.05) is 20.2 Å². The van der Waals surface area contributed by atoms with Gasteiger partial charge in [0.15, 0.2) is 0 Å². The van der Waals surface area contributed by atoms with Crippen molar-refractivity contribution < 1.29 is 9.53 Å². The van der Waals surface area contributed by atoms with E-state index in [1.807, 2.05) is 31.2 Å². The van der Waals surface area contributed by atoms with Crippen LogP contribution in [0.4, 0.5) is 0 Å². The Bertz CT molecular complexity index is 414. The van der Waals surface area contributed by atoms with E-state index in [-0.39, 0.29) is 17.9 Å². The number of carbonyl (C=O) groups is 1. The van der Waals surface area contributed by atoms with Crippen LogP contribution in [0.1, 0.15) is 24.9 Å². The number of carbonyl (C=O) groups excluding carboxylic acids is 1. The molecular weight excluding hydrogens is 228 g/mol.